The number of carbonyl (C=O) groups is 1. The van der Waals surface area contributed by atoms with E-state index in [2.05, 4.69) is 10.5 Å². The molecule has 0 radical (unpaired) electrons. The van der Waals surface area contributed by atoms with E-state index in [9.17, 15) is 4.79 Å². The van der Waals surface area contributed by atoms with Crippen LogP contribution in [0.1, 0.15) is 36.7 Å². The Morgan fingerprint density at radius 3 is 2.09 bits per heavy atom. The van der Waals surface area contributed by atoms with Gasteiger partial charge in [-0.3, -0.25) is 4.79 Å². The van der Waals surface area contributed by atoms with Crippen molar-refractivity contribution in [2.45, 2.75) is 20.8 Å². The van der Waals surface area contributed by atoms with Crippen molar-refractivity contribution in [2.24, 2.45) is 5.10 Å². The molecule has 0 unspecified atom stereocenters. The third-order valence-corrected chi connectivity index (χ3v) is 4.39. The number of benzene rings is 3. The molecule has 3 aromatic carbocycles. The largest absolute Gasteiger partial charge is 0.490 e. The monoisotopic (exact) mass is 448 g/mol. The molecule has 0 aromatic heterocycles. The van der Waals surface area contributed by atoms with E-state index in [0.29, 0.717) is 48.4 Å². The van der Waals surface area contributed by atoms with Crippen LogP contribution in [-0.2, 0) is 0 Å². The SMILES string of the molecule is CCOc1cc(C(=O)N/N=C/c2cccc(Oc3ccccc3)c2)cc(OCC)c1OCC. The Morgan fingerprint density at radius 2 is 1.45 bits per heavy atom. The molecule has 0 bridgehead atoms. The quantitative estimate of drug-likeness (QED) is 0.312. The van der Waals surface area contributed by atoms with Crippen molar-refractivity contribution in [3.8, 4) is 28.7 Å². The van der Waals surface area contributed by atoms with E-state index in [0.717, 1.165) is 11.3 Å². The van der Waals surface area contributed by atoms with E-state index in [-0.39, 0.29) is 0 Å². The van der Waals surface area contributed by atoms with Crippen LogP contribution in [0.25, 0.3) is 0 Å². The maximum atomic E-state index is 12.7. The maximum absolute atomic E-state index is 12.7. The van der Waals surface area contributed by atoms with Gasteiger partial charge in [0.15, 0.2) is 11.5 Å². The van der Waals surface area contributed by atoms with Gasteiger partial charge >= 0.3 is 0 Å². The minimum absolute atomic E-state index is 0.351. The molecule has 7 heteroatoms. The molecular formula is C26H28N2O5. The number of hydrogen-bond donors (Lipinski definition) is 1. The Bertz CT molecular complexity index is 1060. The first-order chi connectivity index (χ1) is 16.1. The number of ether oxygens (including phenoxy) is 4. The third-order valence-electron chi connectivity index (χ3n) is 4.39. The maximum Gasteiger partial charge on any atom is 0.271 e. The van der Waals surface area contributed by atoms with Crippen LogP contribution in [0.3, 0.4) is 0 Å². The second-order valence-electron chi connectivity index (χ2n) is 6.79. The van der Waals surface area contributed by atoms with Gasteiger partial charge < -0.3 is 18.9 Å². The summed E-state index contributed by atoms with van der Waals surface area (Å²) in [6.45, 7) is 6.90. The number of nitrogens with one attached hydrogen (secondary N) is 1. The Hall–Kier alpha value is -4.00. The Balaban J connectivity index is 1.73. The van der Waals surface area contributed by atoms with Crippen molar-refractivity contribution in [3.05, 3.63) is 77.9 Å². The summed E-state index contributed by atoms with van der Waals surface area (Å²) in [4.78, 5) is 12.7. The first-order valence-electron chi connectivity index (χ1n) is 10.9. The molecule has 0 spiro atoms. The van der Waals surface area contributed by atoms with Crippen LogP contribution < -0.4 is 24.4 Å². The van der Waals surface area contributed by atoms with E-state index >= 15 is 0 Å². The van der Waals surface area contributed by atoms with E-state index in [1.54, 1.807) is 18.3 Å². The van der Waals surface area contributed by atoms with Crippen LogP contribution in [0.15, 0.2) is 71.8 Å². The van der Waals surface area contributed by atoms with Gasteiger partial charge in [0.05, 0.1) is 26.0 Å². The minimum Gasteiger partial charge on any atom is -0.490 e. The van der Waals surface area contributed by atoms with Crippen molar-refractivity contribution < 1.29 is 23.7 Å². The summed E-state index contributed by atoms with van der Waals surface area (Å²) in [5.74, 6) is 2.40. The fourth-order valence-electron chi connectivity index (χ4n) is 3.03. The van der Waals surface area contributed by atoms with Crippen molar-refractivity contribution in [1.82, 2.24) is 5.43 Å². The Morgan fingerprint density at radius 1 is 0.818 bits per heavy atom. The molecule has 3 aromatic rings. The number of carbonyl (C=O) groups excluding carboxylic acids is 1. The smallest absolute Gasteiger partial charge is 0.271 e. The van der Waals surface area contributed by atoms with E-state index < -0.39 is 5.91 Å². The zero-order valence-corrected chi connectivity index (χ0v) is 19.0. The van der Waals surface area contributed by atoms with Crippen molar-refractivity contribution in [2.75, 3.05) is 19.8 Å². The first-order valence-corrected chi connectivity index (χ1v) is 10.9. The van der Waals surface area contributed by atoms with Crippen LogP contribution in [0, 0.1) is 0 Å². The topological polar surface area (TPSA) is 78.4 Å². The summed E-state index contributed by atoms with van der Waals surface area (Å²) in [6, 6.07) is 20.2. The molecule has 1 N–H and O–H groups in total. The van der Waals surface area contributed by atoms with Gasteiger partial charge in [-0.25, -0.2) is 5.43 Å². The van der Waals surface area contributed by atoms with Crippen LogP contribution in [0.4, 0.5) is 0 Å². The summed E-state index contributed by atoms with van der Waals surface area (Å²) < 4.78 is 22.8. The van der Waals surface area contributed by atoms with Crippen molar-refractivity contribution in [1.29, 1.82) is 0 Å². The minimum atomic E-state index is -0.395. The molecule has 172 valence electrons. The Labute approximate surface area is 193 Å². The zero-order valence-electron chi connectivity index (χ0n) is 19.0. The lowest BCUT2D eigenvalue weighted by atomic mass is 10.1. The summed E-state index contributed by atoms with van der Waals surface area (Å²) in [5.41, 5.74) is 3.67. The lowest BCUT2D eigenvalue weighted by molar-refractivity contribution is 0.0954. The van der Waals surface area contributed by atoms with Gasteiger partial charge in [0.25, 0.3) is 5.91 Å². The predicted molar refractivity (Wildman–Crippen MR) is 128 cm³/mol. The number of nitrogens with zero attached hydrogens (tertiary/aromatic N) is 1. The third kappa shape index (κ3) is 6.74. The average Bonchev–Trinajstić information content (AvgIpc) is 2.82. The molecule has 0 saturated heterocycles. The van der Waals surface area contributed by atoms with Crippen molar-refractivity contribution in [3.63, 3.8) is 0 Å². The van der Waals surface area contributed by atoms with Crippen LogP contribution in [0.5, 0.6) is 28.7 Å². The molecule has 0 heterocycles. The van der Waals surface area contributed by atoms with Gasteiger partial charge in [-0.2, -0.15) is 5.10 Å². The van der Waals surface area contributed by atoms with Gasteiger partial charge in [0.2, 0.25) is 5.75 Å². The highest BCUT2D eigenvalue weighted by molar-refractivity contribution is 5.96. The highest BCUT2D eigenvalue weighted by Gasteiger charge is 2.18. The van der Waals surface area contributed by atoms with E-state index in [4.69, 9.17) is 18.9 Å². The number of para-hydroxylation sites is 1. The normalized spacial score (nSPS) is 10.6. The van der Waals surface area contributed by atoms with Gasteiger partial charge in [0.1, 0.15) is 11.5 Å². The second kappa shape index (κ2) is 12.1. The molecule has 1 amide bonds. The Kier molecular flexibility index (Phi) is 8.71. The summed E-state index contributed by atoms with van der Waals surface area (Å²) in [6.07, 6.45) is 1.55. The summed E-state index contributed by atoms with van der Waals surface area (Å²) in [5, 5.41) is 4.08. The first kappa shape index (κ1) is 23.7. The molecule has 33 heavy (non-hydrogen) atoms. The summed E-state index contributed by atoms with van der Waals surface area (Å²) >= 11 is 0. The molecule has 0 saturated carbocycles. The van der Waals surface area contributed by atoms with E-state index in [1.807, 2.05) is 75.4 Å². The fraction of sp³-hybridized carbons (Fsp3) is 0.231. The van der Waals surface area contributed by atoms with Crippen molar-refractivity contribution >= 4 is 12.1 Å². The molecule has 3 rings (SSSR count). The predicted octanol–water partition coefficient (Wildman–Crippen LogP) is 5.44. The molecule has 0 aliphatic heterocycles. The van der Waals surface area contributed by atoms with Gasteiger partial charge in [-0.05, 0) is 62.7 Å². The highest BCUT2D eigenvalue weighted by atomic mass is 16.5. The highest BCUT2D eigenvalue weighted by Crippen LogP contribution is 2.39. The molecule has 0 fully saturated rings. The fourth-order valence-corrected chi connectivity index (χ4v) is 3.03. The average molecular weight is 449 g/mol. The van der Waals surface area contributed by atoms with Crippen LogP contribution in [-0.4, -0.2) is 31.9 Å². The molecule has 0 atom stereocenters. The number of hydrogen-bond acceptors (Lipinski definition) is 6. The van der Waals surface area contributed by atoms with Gasteiger partial charge in [-0.1, -0.05) is 30.3 Å². The van der Waals surface area contributed by atoms with Gasteiger partial charge in [-0.15, -0.1) is 0 Å². The molecule has 7 nitrogen and oxygen atoms in total. The zero-order chi connectivity index (χ0) is 23.5. The van der Waals surface area contributed by atoms with Crippen LogP contribution in [0.2, 0.25) is 0 Å². The molecular weight excluding hydrogens is 420 g/mol. The summed E-state index contributed by atoms with van der Waals surface area (Å²) in [7, 11) is 0. The standard InChI is InChI=1S/C26H28N2O5/c1-4-30-23-16-20(17-24(31-5-2)25(23)32-6-3)26(29)28-27-18-19-11-10-14-22(15-19)33-21-12-8-7-9-13-21/h7-18H,4-6H2,1-3H3,(H,28,29)/b27-18+. The lowest BCUT2D eigenvalue weighted by Crippen LogP contribution is -2.18. The van der Waals surface area contributed by atoms with E-state index in [1.165, 1.54) is 0 Å². The van der Waals surface area contributed by atoms with Gasteiger partial charge in [0, 0.05) is 5.56 Å². The number of rotatable bonds is 11. The molecule has 0 aliphatic carbocycles. The molecule has 0 aliphatic rings. The lowest BCUT2D eigenvalue weighted by Gasteiger charge is -2.16. The second-order valence-corrected chi connectivity index (χ2v) is 6.79. The number of hydrazone groups is 1. The van der Waals surface area contributed by atoms with Crippen LogP contribution >= 0.6 is 0 Å². The number of amides is 1.